The van der Waals surface area contributed by atoms with Crippen molar-refractivity contribution < 1.29 is 4.39 Å². The van der Waals surface area contributed by atoms with Crippen LogP contribution in [0.15, 0.2) is 12.1 Å². The van der Waals surface area contributed by atoms with Gasteiger partial charge in [0.15, 0.2) is 0 Å². The number of halogens is 1. The Morgan fingerprint density at radius 3 is 1.94 bits per heavy atom. The van der Waals surface area contributed by atoms with Gasteiger partial charge in [0, 0.05) is 19.8 Å². The van der Waals surface area contributed by atoms with E-state index in [1.54, 1.807) is 12.1 Å². The predicted molar refractivity (Wildman–Crippen MR) is 68.9 cm³/mol. The molecule has 0 heterocycles. The highest BCUT2D eigenvalue weighted by Crippen LogP contribution is 2.34. The Hall–Kier alpha value is -1.05. The summed E-state index contributed by atoms with van der Waals surface area (Å²) >= 11 is 0. The van der Waals surface area contributed by atoms with Crippen LogP contribution in [0.4, 0.5) is 10.1 Å². The van der Waals surface area contributed by atoms with Crippen molar-refractivity contribution in [2.45, 2.75) is 39.5 Å². The van der Waals surface area contributed by atoms with E-state index in [2.05, 4.69) is 27.7 Å². The molecular formula is C14H22FN. The Balaban J connectivity index is 3.48. The number of anilines is 1. The van der Waals surface area contributed by atoms with E-state index in [1.807, 2.05) is 19.0 Å². The Morgan fingerprint density at radius 1 is 1.00 bits per heavy atom. The summed E-state index contributed by atoms with van der Waals surface area (Å²) in [6.45, 7) is 8.54. The summed E-state index contributed by atoms with van der Waals surface area (Å²) < 4.78 is 13.6. The van der Waals surface area contributed by atoms with Gasteiger partial charge < -0.3 is 4.90 Å². The SMILES string of the molecule is CC(C)c1cc(F)cc(N(C)C)c1C(C)C. The Morgan fingerprint density at radius 2 is 1.56 bits per heavy atom. The number of hydrogen-bond donors (Lipinski definition) is 0. The van der Waals surface area contributed by atoms with Gasteiger partial charge in [-0.05, 0) is 35.1 Å². The van der Waals surface area contributed by atoms with Crippen molar-refractivity contribution in [1.82, 2.24) is 0 Å². The second-order valence-electron chi connectivity index (χ2n) is 5.13. The largest absolute Gasteiger partial charge is 0.377 e. The molecule has 0 unspecified atom stereocenters. The van der Waals surface area contributed by atoms with Crippen LogP contribution in [0, 0.1) is 5.82 Å². The molecule has 0 aliphatic heterocycles. The van der Waals surface area contributed by atoms with Crippen molar-refractivity contribution in [3.8, 4) is 0 Å². The molecule has 0 fully saturated rings. The molecule has 0 radical (unpaired) electrons. The summed E-state index contributed by atoms with van der Waals surface area (Å²) in [5, 5.41) is 0. The Labute approximate surface area is 98.3 Å². The van der Waals surface area contributed by atoms with Crippen LogP contribution in [0.3, 0.4) is 0 Å². The molecule has 0 atom stereocenters. The van der Waals surface area contributed by atoms with E-state index in [-0.39, 0.29) is 5.82 Å². The maximum atomic E-state index is 13.6. The molecule has 0 amide bonds. The molecule has 0 spiro atoms. The first kappa shape index (κ1) is 13.0. The van der Waals surface area contributed by atoms with Crippen LogP contribution < -0.4 is 4.90 Å². The fourth-order valence-electron chi connectivity index (χ4n) is 2.10. The first-order valence-corrected chi connectivity index (χ1v) is 5.85. The molecule has 90 valence electrons. The summed E-state index contributed by atoms with van der Waals surface area (Å²) in [6.07, 6.45) is 0. The molecule has 0 saturated heterocycles. The zero-order chi connectivity index (χ0) is 12.5. The summed E-state index contributed by atoms with van der Waals surface area (Å²) in [6, 6.07) is 3.30. The maximum absolute atomic E-state index is 13.6. The third-order valence-electron chi connectivity index (χ3n) is 2.84. The molecular weight excluding hydrogens is 201 g/mol. The van der Waals surface area contributed by atoms with E-state index < -0.39 is 0 Å². The topological polar surface area (TPSA) is 3.24 Å². The molecule has 0 aromatic heterocycles. The molecule has 1 aromatic carbocycles. The average molecular weight is 223 g/mol. The van der Waals surface area contributed by atoms with E-state index in [4.69, 9.17) is 0 Å². The number of rotatable bonds is 3. The van der Waals surface area contributed by atoms with Gasteiger partial charge in [0.1, 0.15) is 5.82 Å². The number of hydrogen-bond acceptors (Lipinski definition) is 1. The summed E-state index contributed by atoms with van der Waals surface area (Å²) in [7, 11) is 3.93. The van der Waals surface area contributed by atoms with Crippen LogP contribution in [0.1, 0.15) is 50.7 Å². The monoisotopic (exact) mass is 223 g/mol. The predicted octanol–water partition coefficient (Wildman–Crippen LogP) is 4.14. The number of benzene rings is 1. The molecule has 16 heavy (non-hydrogen) atoms. The van der Waals surface area contributed by atoms with Crippen LogP contribution in [-0.4, -0.2) is 14.1 Å². The highest BCUT2D eigenvalue weighted by Gasteiger charge is 2.17. The minimum atomic E-state index is -0.142. The first-order chi connectivity index (χ1) is 7.34. The van der Waals surface area contributed by atoms with Gasteiger partial charge in [-0.2, -0.15) is 0 Å². The molecule has 1 rings (SSSR count). The maximum Gasteiger partial charge on any atom is 0.125 e. The number of nitrogens with zero attached hydrogens (tertiary/aromatic N) is 1. The van der Waals surface area contributed by atoms with Crippen molar-refractivity contribution in [3.63, 3.8) is 0 Å². The molecule has 0 bridgehead atoms. The lowest BCUT2D eigenvalue weighted by Gasteiger charge is -2.24. The van der Waals surface area contributed by atoms with E-state index in [1.165, 1.54) is 5.56 Å². The first-order valence-electron chi connectivity index (χ1n) is 5.85. The Bertz CT molecular complexity index is 338. The zero-order valence-electron chi connectivity index (χ0n) is 11.1. The van der Waals surface area contributed by atoms with Crippen LogP contribution >= 0.6 is 0 Å². The van der Waals surface area contributed by atoms with Crippen molar-refractivity contribution in [3.05, 3.63) is 29.1 Å². The highest BCUT2D eigenvalue weighted by molar-refractivity contribution is 5.58. The van der Waals surface area contributed by atoms with E-state index in [0.29, 0.717) is 11.8 Å². The van der Waals surface area contributed by atoms with Crippen LogP contribution in [0.25, 0.3) is 0 Å². The highest BCUT2D eigenvalue weighted by atomic mass is 19.1. The van der Waals surface area contributed by atoms with Crippen molar-refractivity contribution in [1.29, 1.82) is 0 Å². The van der Waals surface area contributed by atoms with Gasteiger partial charge in [0.2, 0.25) is 0 Å². The molecule has 0 saturated carbocycles. The van der Waals surface area contributed by atoms with Gasteiger partial charge in [-0.15, -0.1) is 0 Å². The summed E-state index contributed by atoms with van der Waals surface area (Å²) in [5.74, 6) is 0.624. The molecule has 2 heteroatoms. The third kappa shape index (κ3) is 2.55. The van der Waals surface area contributed by atoms with Crippen molar-refractivity contribution in [2.75, 3.05) is 19.0 Å². The lowest BCUT2D eigenvalue weighted by Crippen LogP contribution is -2.14. The van der Waals surface area contributed by atoms with Gasteiger partial charge in [0.25, 0.3) is 0 Å². The second kappa shape index (κ2) is 4.86. The van der Waals surface area contributed by atoms with Crippen LogP contribution in [-0.2, 0) is 0 Å². The van der Waals surface area contributed by atoms with Crippen molar-refractivity contribution >= 4 is 5.69 Å². The van der Waals surface area contributed by atoms with Gasteiger partial charge in [-0.1, -0.05) is 27.7 Å². The molecule has 1 aromatic rings. The quantitative estimate of drug-likeness (QED) is 0.744. The van der Waals surface area contributed by atoms with Crippen LogP contribution in [0.2, 0.25) is 0 Å². The fourth-order valence-corrected chi connectivity index (χ4v) is 2.10. The fraction of sp³-hybridized carbons (Fsp3) is 0.571. The van der Waals surface area contributed by atoms with Crippen LogP contribution in [0.5, 0.6) is 0 Å². The van der Waals surface area contributed by atoms with Gasteiger partial charge in [-0.3, -0.25) is 0 Å². The van der Waals surface area contributed by atoms with Gasteiger partial charge in [-0.25, -0.2) is 4.39 Å². The van der Waals surface area contributed by atoms with Gasteiger partial charge >= 0.3 is 0 Å². The molecule has 0 N–H and O–H groups in total. The Kier molecular flexibility index (Phi) is 3.95. The minimum absolute atomic E-state index is 0.142. The summed E-state index contributed by atoms with van der Waals surface area (Å²) in [5.41, 5.74) is 3.39. The molecule has 1 nitrogen and oxygen atoms in total. The summed E-state index contributed by atoms with van der Waals surface area (Å²) in [4.78, 5) is 1.99. The van der Waals surface area contributed by atoms with E-state index >= 15 is 0 Å². The lowest BCUT2D eigenvalue weighted by atomic mass is 9.89. The third-order valence-corrected chi connectivity index (χ3v) is 2.84. The lowest BCUT2D eigenvalue weighted by molar-refractivity contribution is 0.619. The molecule has 0 aliphatic rings. The zero-order valence-corrected chi connectivity index (χ0v) is 11.1. The van der Waals surface area contributed by atoms with Gasteiger partial charge in [0.05, 0.1) is 0 Å². The van der Waals surface area contributed by atoms with Crippen molar-refractivity contribution in [2.24, 2.45) is 0 Å². The van der Waals surface area contributed by atoms with E-state index in [9.17, 15) is 4.39 Å². The second-order valence-corrected chi connectivity index (χ2v) is 5.13. The normalized spacial score (nSPS) is 11.3. The average Bonchev–Trinajstić information content (AvgIpc) is 2.15. The van der Waals surface area contributed by atoms with E-state index in [0.717, 1.165) is 11.3 Å². The molecule has 0 aliphatic carbocycles. The minimum Gasteiger partial charge on any atom is -0.377 e. The standard InChI is InChI=1S/C14H22FN/c1-9(2)12-7-11(15)8-13(16(5)6)14(12)10(3)4/h7-10H,1-6H3. The smallest absolute Gasteiger partial charge is 0.125 e.